The molecule has 0 bridgehead atoms. The van der Waals surface area contributed by atoms with Gasteiger partial charge in [-0.05, 0) is 66.5 Å². The van der Waals surface area contributed by atoms with Crippen LogP contribution in [-0.4, -0.2) is 6.61 Å². The molecule has 0 amide bonds. The molecular formula is C34H40F4O2. The number of halogens is 4. The van der Waals surface area contributed by atoms with Crippen molar-refractivity contribution < 1.29 is 27.0 Å². The van der Waals surface area contributed by atoms with Crippen molar-refractivity contribution in [3.63, 3.8) is 0 Å². The Morgan fingerprint density at radius 1 is 0.675 bits per heavy atom. The Balaban J connectivity index is 1.33. The van der Waals surface area contributed by atoms with Gasteiger partial charge in [0.25, 0.3) is 0 Å². The SMILES string of the molecule is CCCCCCCCOc1ccc(-c2ccc(OCc3ccc(C4CCC(C)CC4)c(F)c3F)cc2)c(F)c1F. The largest absolute Gasteiger partial charge is 0.490 e. The highest BCUT2D eigenvalue weighted by molar-refractivity contribution is 5.66. The van der Waals surface area contributed by atoms with Crippen LogP contribution >= 0.6 is 0 Å². The molecule has 6 heteroatoms. The Kier molecular flexibility index (Phi) is 10.9. The smallest absolute Gasteiger partial charge is 0.201 e. The monoisotopic (exact) mass is 556 g/mol. The zero-order valence-electron chi connectivity index (χ0n) is 23.6. The molecule has 0 aliphatic heterocycles. The predicted molar refractivity (Wildman–Crippen MR) is 152 cm³/mol. The molecule has 1 fully saturated rings. The first-order valence-corrected chi connectivity index (χ1v) is 14.7. The van der Waals surface area contributed by atoms with Crippen molar-refractivity contribution in [1.82, 2.24) is 0 Å². The van der Waals surface area contributed by atoms with Crippen molar-refractivity contribution in [3.05, 3.63) is 82.9 Å². The van der Waals surface area contributed by atoms with Crippen molar-refractivity contribution in [2.75, 3.05) is 6.61 Å². The molecule has 0 heterocycles. The summed E-state index contributed by atoms with van der Waals surface area (Å²) in [5, 5.41) is 0. The second-order valence-electron chi connectivity index (χ2n) is 11.1. The fourth-order valence-corrected chi connectivity index (χ4v) is 5.42. The molecule has 0 spiro atoms. The Morgan fingerprint density at radius 2 is 1.38 bits per heavy atom. The molecule has 3 aromatic carbocycles. The predicted octanol–water partition coefficient (Wildman–Crippen LogP) is 10.5. The van der Waals surface area contributed by atoms with E-state index in [1.807, 2.05) is 0 Å². The molecule has 0 aromatic heterocycles. The number of unbranched alkanes of at least 4 members (excludes halogenated alkanes) is 5. The topological polar surface area (TPSA) is 18.5 Å². The third-order valence-corrected chi connectivity index (χ3v) is 8.01. The average molecular weight is 557 g/mol. The molecule has 1 aliphatic rings. The highest BCUT2D eigenvalue weighted by Crippen LogP contribution is 2.37. The van der Waals surface area contributed by atoms with Gasteiger partial charge in [-0.1, -0.05) is 83.1 Å². The van der Waals surface area contributed by atoms with Crippen molar-refractivity contribution >= 4 is 0 Å². The fraction of sp³-hybridized carbons (Fsp3) is 0.471. The van der Waals surface area contributed by atoms with Gasteiger partial charge >= 0.3 is 0 Å². The summed E-state index contributed by atoms with van der Waals surface area (Å²) in [6.07, 6.45) is 10.3. The molecule has 1 saturated carbocycles. The van der Waals surface area contributed by atoms with Crippen LogP contribution in [-0.2, 0) is 6.61 Å². The van der Waals surface area contributed by atoms with E-state index in [-0.39, 0.29) is 29.4 Å². The highest BCUT2D eigenvalue weighted by atomic mass is 19.2. The lowest BCUT2D eigenvalue weighted by Crippen LogP contribution is -2.13. The Bertz CT molecular complexity index is 1230. The average Bonchev–Trinajstić information content (AvgIpc) is 2.96. The molecule has 40 heavy (non-hydrogen) atoms. The second kappa shape index (κ2) is 14.6. The molecule has 0 radical (unpaired) electrons. The normalized spacial score (nSPS) is 17.1. The van der Waals surface area contributed by atoms with Crippen LogP contribution in [0.25, 0.3) is 11.1 Å². The van der Waals surface area contributed by atoms with E-state index in [9.17, 15) is 17.6 Å². The van der Waals surface area contributed by atoms with Gasteiger partial charge in [-0.2, -0.15) is 4.39 Å². The lowest BCUT2D eigenvalue weighted by Gasteiger charge is -2.27. The summed E-state index contributed by atoms with van der Waals surface area (Å²) in [4.78, 5) is 0. The van der Waals surface area contributed by atoms with E-state index in [4.69, 9.17) is 9.47 Å². The van der Waals surface area contributed by atoms with Crippen LogP contribution in [0.15, 0.2) is 48.5 Å². The lowest BCUT2D eigenvalue weighted by molar-refractivity contribution is 0.285. The van der Waals surface area contributed by atoms with Gasteiger partial charge in [-0.25, -0.2) is 13.2 Å². The minimum Gasteiger partial charge on any atom is -0.490 e. The van der Waals surface area contributed by atoms with E-state index >= 15 is 0 Å². The first-order chi connectivity index (χ1) is 19.4. The van der Waals surface area contributed by atoms with Gasteiger partial charge in [-0.3, -0.25) is 0 Å². The molecule has 3 aromatic rings. The van der Waals surface area contributed by atoms with Crippen molar-refractivity contribution in [3.8, 4) is 22.6 Å². The summed E-state index contributed by atoms with van der Waals surface area (Å²) in [5.41, 5.74) is 1.16. The van der Waals surface area contributed by atoms with Crippen LogP contribution in [0.5, 0.6) is 11.5 Å². The van der Waals surface area contributed by atoms with Crippen LogP contribution in [0, 0.1) is 29.2 Å². The van der Waals surface area contributed by atoms with Crippen LogP contribution in [0.3, 0.4) is 0 Å². The molecule has 2 nitrogen and oxygen atoms in total. The third kappa shape index (κ3) is 7.58. The first-order valence-electron chi connectivity index (χ1n) is 14.7. The molecule has 0 atom stereocenters. The van der Waals surface area contributed by atoms with Crippen molar-refractivity contribution in [2.24, 2.45) is 5.92 Å². The summed E-state index contributed by atoms with van der Waals surface area (Å²) in [7, 11) is 0. The first kappa shape index (κ1) is 30.0. The number of hydrogen-bond acceptors (Lipinski definition) is 2. The van der Waals surface area contributed by atoms with Crippen molar-refractivity contribution in [2.45, 2.75) is 90.6 Å². The maximum atomic E-state index is 14.8. The van der Waals surface area contributed by atoms with E-state index in [2.05, 4.69) is 13.8 Å². The zero-order valence-corrected chi connectivity index (χ0v) is 23.6. The quantitative estimate of drug-likeness (QED) is 0.154. The zero-order chi connectivity index (χ0) is 28.5. The van der Waals surface area contributed by atoms with Crippen molar-refractivity contribution in [1.29, 1.82) is 0 Å². The third-order valence-electron chi connectivity index (χ3n) is 8.01. The van der Waals surface area contributed by atoms with Gasteiger partial charge < -0.3 is 9.47 Å². The Labute approximate surface area is 235 Å². The van der Waals surface area contributed by atoms with E-state index in [0.717, 1.165) is 44.9 Å². The Hall–Kier alpha value is -3.02. The van der Waals surface area contributed by atoms with Gasteiger partial charge in [0.05, 0.1) is 6.61 Å². The summed E-state index contributed by atoms with van der Waals surface area (Å²) < 4.78 is 70.3. The molecular weight excluding hydrogens is 516 g/mol. The lowest BCUT2D eigenvalue weighted by atomic mass is 9.79. The number of rotatable bonds is 13. The molecule has 0 unspecified atom stereocenters. The van der Waals surface area contributed by atoms with Gasteiger partial charge in [0, 0.05) is 11.1 Å². The number of hydrogen-bond donors (Lipinski definition) is 0. The van der Waals surface area contributed by atoms with Crippen LogP contribution in [0.4, 0.5) is 17.6 Å². The second-order valence-corrected chi connectivity index (χ2v) is 11.1. The molecule has 1 aliphatic carbocycles. The molecule has 0 N–H and O–H groups in total. The van der Waals surface area contributed by atoms with Crippen LogP contribution in [0.1, 0.15) is 95.1 Å². The molecule has 4 rings (SSSR count). The van der Waals surface area contributed by atoms with E-state index in [1.165, 1.54) is 31.4 Å². The maximum Gasteiger partial charge on any atom is 0.201 e. The minimum atomic E-state index is -1.01. The number of ether oxygens (including phenoxy) is 2. The fourth-order valence-electron chi connectivity index (χ4n) is 5.42. The summed E-state index contributed by atoms with van der Waals surface area (Å²) in [6.45, 7) is 4.56. The summed E-state index contributed by atoms with van der Waals surface area (Å²) in [5.74, 6) is -2.63. The summed E-state index contributed by atoms with van der Waals surface area (Å²) >= 11 is 0. The summed E-state index contributed by atoms with van der Waals surface area (Å²) in [6, 6.07) is 12.6. The van der Waals surface area contributed by atoms with E-state index in [1.54, 1.807) is 36.4 Å². The molecule has 0 saturated heterocycles. The highest BCUT2D eigenvalue weighted by Gasteiger charge is 2.25. The van der Waals surface area contributed by atoms with Gasteiger partial charge in [0.15, 0.2) is 23.2 Å². The number of benzene rings is 3. The maximum absolute atomic E-state index is 14.8. The van der Waals surface area contributed by atoms with E-state index < -0.39 is 23.3 Å². The van der Waals surface area contributed by atoms with Gasteiger partial charge in [0.1, 0.15) is 12.4 Å². The van der Waals surface area contributed by atoms with E-state index in [0.29, 0.717) is 29.4 Å². The van der Waals surface area contributed by atoms with Gasteiger partial charge in [0.2, 0.25) is 5.82 Å². The Morgan fingerprint density at radius 3 is 2.10 bits per heavy atom. The van der Waals surface area contributed by atoms with Crippen LogP contribution < -0.4 is 9.47 Å². The minimum absolute atomic E-state index is 0.0550. The van der Waals surface area contributed by atoms with Gasteiger partial charge in [-0.15, -0.1) is 0 Å². The molecule has 216 valence electrons. The standard InChI is InChI=1S/C34H40F4O2/c1-3-4-5-6-7-8-21-39-30-20-19-29(33(37)34(30)38)25-13-16-27(17-14-25)40-22-26-15-18-28(32(36)31(26)35)24-11-9-23(2)10-12-24/h13-20,23-24H,3-12,21-22H2,1-2H3. The van der Waals surface area contributed by atoms with Crippen LogP contribution in [0.2, 0.25) is 0 Å².